The van der Waals surface area contributed by atoms with Gasteiger partial charge in [0.15, 0.2) is 0 Å². The summed E-state index contributed by atoms with van der Waals surface area (Å²) in [6.45, 7) is 1.88. The number of nitrogens with one attached hydrogen (secondary N) is 1. The van der Waals surface area contributed by atoms with E-state index in [1.807, 2.05) is 6.92 Å². The van der Waals surface area contributed by atoms with Crippen LogP contribution in [0.15, 0.2) is 12.1 Å². The Labute approximate surface area is 116 Å². The molecule has 1 aliphatic rings. The predicted octanol–water partition coefficient (Wildman–Crippen LogP) is 1.96. The van der Waals surface area contributed by atoms with Crippen LogP contribution in [0.2, 0.25) is 0 Å². The van der Waals surface area contributed by atoms with E-state index in [0.717, 1.165) is 5.56 Å². The van der Waals surface area contributed by atoms with Crippen LogP contribution in [0.1, 0.15) is 17.9 Å². The second-order valence-corrected chi connectivity index (χ2v) is 5.56. The van der Waals surface area contributed by atoms with Crippen molar-refractivity contribution in [2.75, 3.05) is 21.3 Å². The van der Waals surface area contributed by atoms with Gasteiger partial charge in [-0.15, -0.1) is 11.8 Å². The Balaban J connectivity index is 2.46. The first kappa shape index (κ1) is 13.9. The molecule has 1 saturated heterocycles. The number of benzene rings is 1. The van der Waals surface area contributed by atoms with Gasteiger partial charge in [-0.3, -0.25) is 4.79 Å². The highest BCUT2D eigenvalue weighted by Gasteiger charge is 2.34. The first-order valence-electron chi connectivity index (χ1n) is 5.86. The molecule has 0 aromatic heterocycles. The first-order chi connectivity index (χ1) is 9.10. The molecule has 1 heterocycles. The van der Waals surface area contributed by atoms with Gasteiger partial charge in [-0.05, 0) is 6.92 Å². The zero-order chi connectivity index (χ0) is 14.0. The SMILES string of the molecule is COc1cc(OC)c(C2NC(=O)C(C)S2)c(OC)c1. The highest BCUT2D eigenvalue weighted by Crippen LogP contribution is 2.45. The van der Waals surface area contributed by atoms with Crippen LogP contribution in [-0.2, 0) is 4.79 Å². The number of carbonyl (C=O) groups is 1. The smallest absolute Gasteiger partial charge is 0.234 e. The Bertz CT molecular complexity index is 467. The van der Waals surface area contributed by atoms with E-state index in [1.54, 1.807) is 33.5 Å². The Hall–Kier alpha value is -1.56. The number of carbonyl (C=O) groups excluding carboxylic acids is 1. The van der Waals surface area contributed by atoms with Crippen LogP contribution in [0, 0.1) is 0 Å². The maximum absolute atomic E-state index is 11.6. The van der Waals surface area contributed by atoms with Gasteiger partial charge >= 0.3 is 0 Å². The van der Waals surface area contributed by atoms with Crippen molar-refractivity contribution in [2.45, 2.75) is 17.5 Å². The van der Waals surface area contributed by atoms with Crippen LogP contribution in [0.4, 0.5) is 0 Å². The van der Waals surface area contributed by atoms with E-state index < -0.39 is 0 Å². The van der Waals surface area contributed by atoms with Crippen molar-refractivity contribution in [2.24, 2.45) is 0 Å². The van der Waals surface area contributed by atoms with Crippen molar-refractivity contribution < 1.29 is 19.0 Å². The van der Waals surface area contributed by atoms with E-state index in [-0.39, 0.29) is 16.5 Å². The van der Waals surface area contributed by atoms with Crippen molar-refractivity contribution in [3.8, 4) is 17.2 Å². The summed E-state index contributed by atoms with van der Waals surface area (Å²) in [7, 11) is 4.76. The monoisotopic (exact) mass is 283 g/mol. The molecule has 0 bridgehead atoms. The summed E-state index contributed by atoms with van der Waals surface area (Å²) in [4.78, 5) is 11.6. The molecule has 1 aromatic carbocycles. The molecule has 0 radical (unpaired) electrons. The lowest BCUT2D eigenvalue weighted by Gasteiger charge is -2.19. The molecule has 19 heavy (non-hydrogen) atoms. The van der Waals surface area contributed by atoms with Gasteiger partial charge in [-0.2, -0.15) is 0 Å². The summed E-state index contributed by atoms with van der Waals surface area (Å²) in [5.74, 6) is 1.96. The van der Waals surface area contributed by atoms with E-state index in [1.165, 1.54) is 11.8 Å². The molecule has 1 N–H and O–H groups in total. The molecule has 0 spiro atoms. The van der Waals surface area contributed by atoms with E-state index >= 15 is 0 Å². The van der Waals surface area contributed by atoms with E-state index in [9.17, 15) is 4.79 Å². The van der Waals surface area contributed by atoms with Gasteiger partial charge in [0.1, 0.15) is 22.6 Å². The van der Waals surface area contributed by atoms with Gasteiger partial charge in [-0.25, -0.2) is 0 Å². The first-order valence-corrected chi connectivity index (χ1v) is 6.80. The van der Waals surface area contributed by atoms with Crippen molar-refractivity contribution in [1.29, 1.82) is 0 Å². The molecule has 1 fully saturated rings. The van der Waals surface area contributed by atoms with Gasteiger partial charge in [0, 0.05) is 12.1 Å². The number of rotatable bonds is 4. The largest absolute Gasteiger partial charge is 0.496 e. The van der Waals surface area contributed by atoms with Crippen LogP contribution < -0.4 is 19.5 Å². The molecule has 2 atom stereocenters. The van der Waals surface area contributed by atoms with Crippen molar-refractivity contribution >= 4 is 17.7 Å². The van der Waals surface area contributed by atoms with Crippen LogP contribution >= 0.6 is 11.8 Å². The normalized spacial score (nSPS) is 22.0. The summed E-state index contributed by atoms with van der Waals surface area (Å²) in [6, 6.07) is 3.57. The Morgan fingerprint density at radius 2 is 1.68 bits per heavy atom. The average Bonchev–Trinajstić information content (AvgIpc) is 2.76. The topological polar surface area (TPSA) is 56.8 Å². The van der Waals surface area contributed by atoms with E-state index in [2.05, 4.69) is 5.32 Å². The fourth-order valence-corrected chi connectivity index (χ4v) is 3.13. The molecular weight excluding hydrogens is 266 g/mol. The molecule has 1 aliphatic heterocycles. The van der Waals surface area contributed by atoms with Crippen LogP contribution in [-0.4, -0.2) is 32.5 Å². The number of methoxy groups -OCH3 is 3. The minimum absolute atomic E-state index is 0.0231. The third kappa shape index (κ3) is 2.58. The van der Waals surface area contributed by atoms with Gasteiger partial charge < -0.3 is 19.5 Å². The summed E-state index contributed by atoms with van der Waals surface area (Å²) in [5.41, 5.74) is 0.827. The van der Waals surface area contributed by atoms with Crippen molar-refractivity contribution in [3.05, 3.63) is 17.7 Å². The quantitative estimate of drug-likeness (QED) is 0.915. The van der Waals surface area contributed by atoms with Gasteiger partial charge in [0.05, 0.1) is 32.1 Å². The van der Waals surface area contributed by atoms with Crippen molar-refractivity contribution in [1.82, 2.24) is 5.32 Å². The van der Waals surface area contributed by atoms with Gasteiger partial charge in [0.25, 0.3) is 0 Å². The molecule has 1 amide bonds. The van der Waals surface area contributed by atoms with Crippen molar-refractivity contribution in [3.63, 3.8) is 0 Å². The number of hydrogen-bond donors (Lipinski definition) is 1. The summed E-state index contributed by atoms with van der Waals surface area (Å²) < 4.78 is 16.0. The Morgan fingerprint density at radius 3 is 2.05 bits per heavy atom. The predicted molar refractivity (Wildman–Crippen MR) is 74.0 cm³/mol. The molecular formula is C13H17NO4S. The Morgan fingerprint density at radius 1 is 1.11 bits per heavy atom. The standard InChI is InChI=1S/C13H17NO4S/c1-7-12(15)14-13(19-7)11-9(17-3)5-8(16-2)6-10(11)18-4/h5-7,13H,1-4H3,(H,14,15). The molecule has 1 aromatic rings. The van der Waals surface area contributed by atoms with Crippen LogP contribution in [0.25, 0.3) is 0 Å². The lowest BCUT2D eigenvalue weighted by atomic mass is 10.1. The average molecular weight is 283 g/mol. The van der Waals surface area contributed by atoms with E-state index in [4.69, 9.17) is 14.2 Å². The molecule has 2 unspecified atom stereocenters. The Kier molecular flexibility index (Phi) is 4.09. The lowest BCUT2D eigenvalue weighted by molar-refractivity contribution is -0.119. The van der Waals surface area contributed by atoms with Crippen LogP contribution in [0.5, 0.6) is 17.2 Å². The second kappa shape index (κ2) is 5.61. The third-order valence-corrected chi connectivity index (χ3v) is 4.25. The maximum Gasteiger partial charge on any atom is 0.234 e. The maximum atomic E-state index is 11.6. The number of ether oxygens (including phenoxy) is 3. The molecule has 2 rings (SSSR count). The molecule has 6 heteroatoms. The molecule has 5 nitrogen and oxygen atoms in total. The highest BCUT2D eigenvalue weighted by molar-refractivity contribution is 8.01. The van der Waals surface area contributed by atoms with Gasteiger partial charge in [-0.1, -0.05) is 0 Å². The number of hydrogen-bond acceptors (Lipinski definition) is 5. The minimum atomic E-state index is -0.168. The van der Waals surface area contributed by atoms with E-state index in [0.29, 0.717) is 17.2 Å². The summed E-state index contributed by atoms with van der Waals surface area (Å²) >= 11 is 1.54. The fourth-order valence-electron chi connectivity index (χ4n) is 1.98. The molecule has 0 saturated carbocycles. The van der Waals surface area contributed by atoms with Gasteiger partial charge in [0.2, 0.25) is 5.91 Å². The zero-order valence-corrected chi connectivity index (χ0v) is 12.2. The molecule has 0 aliphatic carbocycles. The lowest BCUT2D eigenvalue weighted by Crippen LogP contribution is -2.22. The highest BCUT2D eigenvalue weighted by atomic mass is 32.2. The van der Waals surface area contributed by atoms with Crippen LogP contribution in [0.3, 0.4) is 0 Å². The zero-order valence-electron chi connectivity index (χ0n) is 11.4. The summed E-state index contributed by atoms with van der Waals surface area (Å²) in [5, 5.41) is 2.68. The third-order valence-electron chi connectivity index (χ3n) is 3.00. The number of thioether (sulfide) groups is 1. The second-order valence-electron chi connectivity index (χ2n) is 4.11. The fraction of sp³-hybridized carbons (Fsp3) is 0.462. The minimum Gasteiger partial charge on any atom is -0.496 e. The number of amides is 1. The molecule has 104 valence electrons. The summed E-state index contributed by atoms with van der Waals surface area (Å²) in [6.07, 6.45) is 0.